The summed E-state index contributed by atoms with van der Waals surface area (Å²) in [6.07, 6.45) is 1.80. The van der Waals surface area contributed by atoms with E-state index in [1.807, 2.05) is 0 Å². The molecular weight excluding hydrogens is 489 g/mol. The van der Waals surface area contributed by atoms with Gasteiger partial charge in [0, 0.05) is 40.3 Å². The summed E-state index contributed by atoms with van der Waals surface area (Å²) in [6.45, 7) is 0.427. The van der Waals surface area contributed by atoms with E-state index in [0.29, 0.717) is 33.1 Å². The van der Waals surface area contributed by atoms with Gasteiger partial charge in [-0.1, -0.05) is 41.7 Å². The van der Waals surface area contributed by atoms with E-state index < -0.39 is 5.91 Å². The Hall–Kier alpha value is -3.74. The molecule has 3 aromatic rings. The molecule has 0 aliphatic carbocycles. The zero-order chi connectivity index (χ0) is 25.4. The minimum atomic E-state index is -0.497. The Morgan fingerprint density at radius 2 is 2.00 bits per heavy atom. The van der Waals surface area contributed by atoms with Crippen molar-refractivity contribution >= 4 is 46.7 Å². The molecule has 0 heterocycles. The normalized spacial score (nSPS) is 11.1. The van der Waals surface area contributed by atoms with Crippen LogP contribution in [0.25, 0.3) is 0 Å². The molecule has 0 bridgehead atoms. The number of carbonyl (C=O) groups excluding carboxylic acids is 1. The van der Waals surface area contributed by atoms with Gasteiger partial charge in [-0.2, -0.15) is 5.26 Å². The third-order valence-electron chi connectivity index (χ3n) is 5.08. The highest BCUT2D eigenvalue weighted by atomic mass is 35.5. The van der Waals surface area contributed by atoms with Crippen molar-refractivity contribution in [1.29, 1.82) is 5.26 Å². The van der Waals surface area contributed by atoms with Gasteiger partial charge >= 0.3 is 5.90 Å². The molecule has 0 spiro atoms. The summed E-state index contributed by atoms with van der Waals surface area (Å²) in [5.41, 5.74) is 8.68. The molecule has 1 amide bonds. The fraction of sp³-hybridized carbons (Fsp3) is 0.160. The van der Waals surface area contributed by atoms with E-state index in [2.05, 4.69) is 16.4 Å². The highest BCUT2D eigenvalue weighted by Gasteiger charge is 2.16. The topological polar surface area (TPSA) is 116 Å². The van der Waals surface area contributed by atoms with Crippen LogP contribution in [0.15, 0.2) is 60.7 Å². The third-order valence-corrected chi connectivity index (χ3v) is 6.08. The van der Waals surface area contributed by atoms with E-state index in [1.54, 1.807) is 65.2 Å². The van der Waals surface area contributed by atoms with Gasteiger partial charge < -0.3 is 20.5 Å². The number of primary amides is 1. The number of rotatable bonds is 10. The number of amides is 1. The largest absolute Gasteiger partial charge is 0.460 e. The number of anilines is 2. The highest BCUT2D eigenvalue weighted by Crippen LogP contribution is 2.26. The van der Waals surface area contributed by atoms with Gasteiger partial charge in [0.25, 0.3) is 0 Å². The number of benzene rings is 3. The molecule has 3 rings (SSSR count). The molecule has 0 saturated carbocycles. The number of nitrogens with one attached hydrogen (secondary N) is 2. The Kier molecular flexibility index (Phi) is 8.95. The molecule has 35 heavy (non-hydrogen) atoms. The van der Waals surface area contributed by atoms with Crippen molar-refractivity contribution in [1.82, 2.24) is 0 Å². The SMILES string of the molecule is CSN(CC(N)=O)c1cc(Cl)cc(C(O)=[NH+]Cc2ccc(C#N)cc2NCc2ccccc2F)c1. The van der Waals surface area contributed by atoms with Crippen LogP contribution < -0.4 is 20.3 Å². The van der Waals surface area contributed by atoms with E-state index in [1.165, 1.54) is 18.0 Å². The number of hydrogen-bond acceptors (Lipinski definition) is 5. The Balaban J connectivity index is 1.84. The average Bonchev–Trinajstić information content (AvgIpc) is 2.85. The molecule has 0 fully saturated rings. The molecule has 0 radical (unpaired) electrons. The number of aliphatic hydroxyl groups is 1. The minimum Gasteiger partial charge on any atom is -0.460 e. The van der Waals surface area contributed by atoms with Crippen molar-refractivity contribution in [2.24, 2.45) is 5.73 Å². The van der Waals surface area contributed by atoms with Crippen LogP contribution >= 0.6 is 23.5 Å². The Labute approximate surface area is 212 Å². The zero-order valence-electron chi connectivity index (χ0n) is 18.9. The monoisotopic (exact) mass is 512 g/mol. The van der Waals surface area contributed by atoms with Crippen molar-refractivity contribution in [3.8, 4) is 6.07 Å². The fourth-order valence-corrected chi connectivity index (χ4v) is 4.14. The van der Waals surface area contributed by atoms with Crippen LogP contribution in [-0.4, -0.2) is 29.7 Å². The number of halogens is 2. The Morgan fingerprint density at radius 3 is 2.69 bits per heavy atom. The lowest BCUT2D eigenvalue weighted by molar-refractivity contribution is -0.483. The molecular formula is C25H24ClFN5O2S+. The number of nitrogens with two attached hydrogens (primary N) is 1. The Morgan fingerprint density at radius 1 is 1.23 bits per heavy atom. The van der Waals surface area contributed by atoms with Gasteiger partial charge in [-0.15, -0.1) is 0 Å². The van der Waals surface area contributed by atoms with Gasteiger partial charge in [-0.05, 0) is 42.5 Å². The predicted molar refractivity (Wildman–Crippen MR) is 138 cm³/mol. The summed E-state index contributed by atoms with van der Waals surface area (Å²) in [5, 5.41) is 23.5. The molecule has 0 atom stereocenters. The van der Waals surface area contributed by atoms with E-state index in [-0.39, 0.29) is 31.3 Å². The highest BCUT2D eigenvalue weighted by molar-refractivity contribution is 8.00. The van der Waals surface area contributed by atoms with E-state index in [0.717, 1.165) is 5.56 Å². The number of aliphatic hydroxyl groups excluding tert-OH is 1. The van der Waals surface area contributed by atoms with Crippen LogP contribution in [0.1, 0.15) is 22.3 Å². The number of carbonyl (C=O) groups is 1. The maximum Gasteiger partial charge on any atom is 0.366 e. The molecule has 0 unspecified atom stereocenters. The van der Waals surface area contributed by atoms with Crippen molar-refractivity contribution in [2.45, 2.75) is 13.1 Å². The first-order valence-corrected chi connectivity index (χ1v) is 12.1. The molecule has 180 valence electrons. The van der Waals surface area contributed by atoms with Crippen molar-refractivity contribution in [3.63, 3.8) is 0 Å². The second kappa shape index (κ2) is 12.1. The lowest BCUT2D eigenvalue weighted by Gasteiger charge is -2.20. The second-order valence-corrected chi connectivity index (χ2v) is 8.76. The second-order valence-electron chi connectivity index (χ2n) is 7.51. The molecule has 5 N–H and O–H groups in total. The van der Waals surface area contributed by atoms with Crippen LogP contribution in [0.4, 0.5) is 15.8 Å². The summed E-state index contributed by atoms with van der Waals surface area (Å²) in [5.74, 6) is -0.948. The van der Waals surface area contributed by atoms with Gasteiger partial charge in [-0.3, -0.25) is 4.79 Å². The maximum absolute atomic E-state index is 14.0. The first-order chi connectivity index (χ1) is 16.8. The third kappa shape index (κ3) is 7.12. The van der Waals surface area contributed by atoms with Gasteiger partial charge in [-0.25, -0.2) is 9.38 Å². The summed E-state index contributed by atoms with van der Waals surface area (Å²) in [7, 11) is 0. The van der Waals surface area contributed by atoms with Crippen LogP contribution in [0, 0.1) is 17.1 Å². The maximum atomic E-state index is 14.0. The molecule has 0 aliphatic rings. The van der Waals surface area contributed by atoms with Crippen LogP contribution in [0.2, 0.25) is 5.02 Å². The summed E-state index contributed by atoms with van der Waals surface area (Å²) >= 11 is 7.55. The van der Waals surface area contributed by atoms with Crippen molar-refractivity contribution < 1.29 is 19.3 Å². The summed E-state index contributed by atoms with van der Waals surface area (Å²) in [4.78, 5) is 14.3. The van der Waals surface area contributed by atoms with Crippen LogP contribution in [0.3, 0.4) is 0 Å². The zero-order valence-corrected chi connectivity index (χ0v) is 20.5. The quantitative estimate of drug-likeness (QED) is 0.188. The van der Waals surface area contributed by atoms with Crippen LogP contribution in [0.5, 0.6) is 0 Å². The molecule has 7 nitrogen and oxygen atoms in total. The van der Waals surface area contributed by atoms with Gasteiger partial charge in [0.1, 0.15) is 12.4 Å². The summed E-state index contributed by atoms with van der Waals surface area (Å²) < 4.78 is 15.7. The van der Waals surface area contributed by atoms with E-state index >= 15 is 0 Å². The molecule has 3 aromatic carbocycles. The van der Waals surface area contributed by atoms with E-state index in [9.17, 15) is 19.6 Å². The number of nitrogens with zero attached hydrogens (tertiary/aromatic N) is 2. The lowest BCUT2D eigenvalue weighted by Crippen LogP contribution is -2.71. The smallest absolute Gasteiger partial charge is 0.366 e. The number of hydrogen-bond donors (Lipinski definition) is 4. The van der Waals surface area contributed by atoms with Crippen molar-refractivity contribution in [3.05, 3.63) is 93.8 Å². The van der Waals surface area contributed by atoms with Crippen molar-refractivity contribution in [2.75, 3.05) is 22.4 Å². The minimum absolute atomic E-state index is 0.0164. The first kappa shape index (κ1) is 25.9. The lowest BCUT2D eigenvalue weighted by atomic mass is 10.1. The van der Waals surface area contributed by atoms with Gasteiger partial charge in [0.15, 0.2) is 6.54 Å². The molecule has 0 aromatic heterocycles. The average molecular weight is 513 g/mol. The van der Waals surface area contributed by atoms with E-state index in [4.69, 9.17) is 17.3 Å². The molecule has 0 aliphatic heterocycles. The van der Waals surface area contributed by atoms with Gasteiger partial charge in [0.2, 0.25) is 5.91 Å². The predicted octanol–water partition coefficient (Wildman–Crippen LogP) is 3.12. The first-order valence-electron chi connectivity index (χ1n) is 10.5. The molecule has 0 saturated heterocycles. The fourth-order valence-electron chi connectivity index (χ4n) is 3.34. The molecule has 10 heteroatoms. The van der Waals surface area contributed by atoms with Crippen LogP contribution in [-0.2, 0) is 17.9 Å². The standard InChI is InChI=1S/C25H23ClFN5O2S/c1-35-32(15-24(29)33)21-10-19(9-20(26)11-21)25(34)31-14-18-7-6-16(12-28)8-23(18)30-13-17-4-2-3-5-22(17)27/h2-11,30H,13-15H2,1H3,(H2,29,33)(H,31,34)/p+1. The summed E-state index contributed by atoms with van der Waals surface area (Å²) in [6, 6.07) is 18.6. The number of nitriles is 1. The van der Waals surface area contributed by atoms with Gasteiger partial charge in [0.05, 0.1) is 17.2 Å². The Bertz CT molecular complexity index is 1300.